The van der Waals surface area contributed by atoms with Gasteiger partial charge in [-0.1, -0.05) is 0 Å². The van der Waals surface area contributed by atoms with Crippen molar-refractivity contribution in [3.8, 4) is 11.3 Å². The van der Waals surface area contributed by atoms with E-state index in [2.05, 4.69) is 26.1 Å². The molecular formula is C14H19N5. The van der Waals surface area contributed by atoms with Crippen molar-refractivity contribution >= 4 is 5.82 Å². The Morgan fingerprint density at radius 3 is 2.95 bits per heavy atom. The molecule has 0 bridgehead atoms. The number of nitrogens with zero attached hydrogens (tertiary/aromatic N) is 3. The second-order valence-electron chi connectivity index (χ2n) is 5.05. The van der Waals surface area contributed by atoms with E-state index in [0.717, 1.165) is 43.1 Å². The lowest BCUT2D eigenvalue weighted by molar-refractivity contribution is 0.546. The summed E-state index contributed by atoms with van der Waals surface area (Å²) in [4.78, 5) is 5.33. The summed E-state index contributed by atoms with van der Waals surface area (Å²) in [6.45, 7) is 2.88. The number of H-pyrrole nitrogens is 1. The molecule has 0 aliphatic carbocycles. The molecule has 3 N–H and O–H groups in total. The second-order valence-corrected chi connectivity index (χ2v) is 5.05. The first kappa shape index (κ1) is 12.2. The van der Waals surface area contributed by atoms with E-state index in [9.17, 15) is 0 Å². The fourth-order valence-corrected chi connectivity index (χ4v) is 2.64. The van der Waals surface area contributed by atoms with Gasteiger partial charge in [0.1, 0.15) is 0 Å². The molecular weight excluding hydrogens is 238 g/mol. The maximum absolute atomic E-state index is 5.62. The van der Waals surface area contributed by atoms with Gasteiger partial charge in [0.05, 0.1) is 5.69 Å². The molecule has 5 heteroatoms. The molecule has 19 heavy (non-hydrogen) atoms. The molecule has 0 radical (unpaired) electrons. The molecule has 1 fully saturated rings. The summed E-state index contributed by atoms with van der Waals surface area (Å²) in [5.74, 6) is 1.68. The van der Waals surface area contributed by atoms with Gasteiger partial charge in [-0.15, -0.1) is 10.2 Å². The van der Waals surface area contributed by atoms with Gasteiger partial charge in [-0.25, -0.2) is 0 Å². The monoisotopic (exact) mass is 257 g/mol. The highest BCUT2D eigenvalue weighted by Gasteiger charge is 2.22. The molecule has 1 aliphatic heterocycles. The van der Waals surface area contributed by atoms with Crippen LogP contribution in [-0.2, 0) is 0 Å². The lowest BCUT2D eigenvalue weighted by Crippen LogP contribution is -2.21. The average Bonchev–Trinajstić information content (AvgIpc) is 3.10. The third-order valence-electron chi connectivity index (χ3n) is 3.73. The van der Waals surface area contributed by atoms with E-state index in [4.69, 9.17) is 5.73 Å². The van der Waals surface area contributed by atoms with Crippen molar-refractivity contribution in [2.45, 2.75) is 12.8 Å². The Kier molecular flexibility index (Phi) is 3.46. The zero-order chi connectivity index (χ0) is 13.1. The zero-order valence-corrected chi connectivity index (χ0v) is 10.9. The standard InChI is InChI=1S/C14H19N5/c15-6-3-11-5-8-19(10-11)14-2-1-13(17-18-14)12-4-7-16-9-12/h1-2,4,7,9,11,16H,3,5-6,8,10,15H2. The van der Waals surface area contributed by atoms with Gasteiger partial charge in [-0.05, 0) is 43.5 Å². The van der Waals surface area contributed by atoms with Crippen LogP contribution >= 0.6 is 0 Å². The van der Waals surface area contributed by atoms with E-state index in [1.807, 2.05) is 24.5 Å². The van der Waals surface area contributed by atoms with Crippen molar-refractivity contribution in [2.24, 2.45) is 11.7 Å². The molecule has 5 nitrogen and oxygen atoms in total. The van der Waals surface area contributed by atoms with Crippen LogP contribution < -0.4 is 10.6 Å². The first-order valence-electron chi connectivity index (χ1n) is 6.78. The van der Waals surface area contributed by atoms with Crippen molar-refractivity contribution in [3.63, 3.8) is 0 Å². The number of aromatic amines is 1. The van der Waals surface area contributed by atoms with Crippen LogP contribution in [0.2, 0.25) is 0 Å². The molecule has 100 valence electrons. The molecule has 1 saturated heterocycles. The fourth-order valence-electron chi connectivity index (χ4n) is 2.64. The van der Waals surface area contributed by atoms with Gasteiger partial charge in [0.15, 0.2) is 5.82 Å². The molecule has 0 spiro atoms. The average molecular weight is 257 g/mol. The van der Waals surface area contributed by atoms with E-state index in [1.54, 1.807) is 0 Å². The third kappa shape index (κ3) is 2.61. The van der Waals surface area contributed by atoms with E-state index >= 15 is 0 Å². The van der Waals surface area contributed by atoms with Crippen LogP contribution in [0.1, 0.15) is 12.8 Å². The number of aromatic nitrogens is 3. The Hall–Kier alpha value is -1.88. The van der Waals surface area contributed by atoms with Crippen LogP contribution in [0, 0.1) is 5.92 Å². The lowest BCUT2D eigenvalue weighted by Gasteiger charge is -2.16. The normalized spacial score (nSPS) is 19.0. The molecule has 0 aromatic carbocycles. The number of hydrogen-bond donors (Lipinski definition) is 2. The van der Waals surface area contributed by atoms with Crippen molar-refractivity contribution in [1.29, 1.82) is 0 Å². The van der Waals surface area contributed by atoms with Gasteiger partial charge in [-0.2, -0.15) is 0 Å². The Morgan fingerprint density at radius 2 is 2.26 bits per heavy atom. The largest absolute Gasteiger partial charge is 0.367 e. The minimum atomic E-state index is 0.705. The molecule has 0 amide bonds. The summed E-state index contributed by atoms with van der Waals surface area (Å²) >= 11 is 0. The minimum Gasteiger partial charge on any atom is -0.367 e. The molecule has 1 unspecified atom stereocenters. The Morgan fingerprint density at radius 1 is 1.32 bits per heavy atom. The first-order chi connectivity index (χ1) is 9.36. The second kappa shape index (κ2) is 5.40. The highest BCUT2D eigenvalue weighted by Crippen LogP contribution is 2.24. The van der Waals surface area contributed by atoms with Gasteiger partial charge >= 0.3 is 0 Å². The van der Waals surface area contributed by atoms with Gasteiger partial charge in [0, 0.05) is 31.0 Å². The van der Waals surface area contributed by atoms with Crippen molar-refractivity contribution in [2.75, 3.05) is 24.5 Å². The van der Waals surface area contributed by atoms with E-state index < -0.39 is 0 Å². The molecule has 2 aromatic heterocycles. The van der Waals surface area contributed by atoms with E-state index in [-0.39, 0.29) is 0 Å². The zero-order valence-electron chi connectivity index (χ0n) is 10.9. The van der Waals surface area contributed by atoms with Gasteiger partial charge in [0.2, 0.25) is 0 Å². The Balaban J connectivity index is 1.70. The predicted octanol–water partition coefficient (Wildman–Crippen LogP) is 1.65. The summed E-state index contributed by atoms with van der Waals surface area (Å²) in [5.41, 5.74) is 7.59. The maximum Gasteiger partial charge on any atom is 0.151 e. The SMILES string of the molecule is NCCC1CCN(c2ccc(-c3cc[nH]c3)nn2)C1. The van der Waals surface area contributed by atoms with Crippen LogP contribution in [-0.4, -0.2) is 34.8 Å². The van der Waals surface area contributed by atoms with Crippen LogP contribution in [0.4, 0.5) is 5.82 Å². The third-order valence-corrected chi connectivity index (χ3v) is 3.73. The molecule has 3 heterocycles. The minimum absolute atomic E-state index is 0.705. The van der Waals surface area contributed by atoms with Gasteiger partial charge in [-0.3, -0.25) is 0 Å². The quantitative estimate of drug-likeness (QED) is 0.873. The van der Waals surface area contributed by atoms with Gasteiger partial charge < -0.3 is 15.6 Å². The van der Waals surface area contributed by atoms with E-state index in [0.29, 0.717) is 5.92 Å². The number of nitrogens with two attached hydrogens (primary N) is 1. The molecule has 2 aromatic rings. The highest BCUT2D eigenvalue weighted by atomic mass is 15.3. The smallest absolute Gasteiger partial charge is 0.151 e. The molecule has 3 rings (SSSR count). The molecule has 1 aliphatic rings. The fraction of sp³-hybridized carbons (Fsp3) is 0.429. The summed E-state index contributed by atoms with van der Waals surface area (Å²) < 4.78 is 0. The summed E-state index contributed by atoms with van der Waals surface area (Å²) in [5, 5.41) is 8.64. The van der Waals surface area contributed by atoms with Crippen LogP contribution in [0.3, 0.4) is 0 Å². The van der Waals surface area contributed by atoms with Crippen molar-refractivity contribution < 1.29 is 0 Å². The van der Waals surface area contributed by atoms with Crippen molar-refractivity contribution in [1.82, 2.24) is 15.2 Å². The van der Waals surface area contributed by atoms with Crippen LogP contribution in [0.15, 0.2) is 30.6 Å². The summed E-state index contributed by atoms with van der Waals surface area (Å²) in [7, 11) is 0. The number of hydrogen-bond acceptors (Lipinski definition) is 4. The number of nitrogens with one attached hydrogen (secondary N) is 1. The topological polar surface area (TPSA) is 70.8 Å². The molecule has 0 saturated carbocycles. The Bertz CT molecular complexity index is 505. The molecule has 1 atom stereocenters. The van der Waals surface area contributed by atoms with E-state index in [1.165, 1.54) is 6.42 Å². The van der Waals surface area contributed by atoms with Crippen LogP contribution in [0.25, 0.3) is 11.3 Å². The summed E-state index contributed by atoms with van der Waals surface area (Å²) in [6.07, 6.45) is 6.13. The van der Waals surface area contributed by atoms with Crippen molar-refractivity contribution in [3.05, 3.63) is 30.6 Å². The first-order valence-corrected chi connectivity index (χ1v) is 6.78. The summed E-state index contributed by atoms with van der Waals surface area (Å²) in [6, 6.07) is 6.08. The predicted molar refractivity (Wildman–Crippen MR) is 75.8 cm³/mol. The highest BCUT2D eigenvalue weighted by molar-refractivity contribution is 5.58. The van der Waals surface area contributed by atoms with Crippen LogP contribution in [0.5, 0.6) is 0 Å². The number of rotatable bonds is 4. The lowest BCUT2D eigenvalue weighted by atomic mass is 10.1. The van der Waals surface area contributed by atoms with Gasteiger partial charge in [0.25, 0.3) is 0 Å². The maximum atomic E-state index is 5.62. The number of anilines is 1. The Labute approximate surface area is 112 Å².